The number of carbonyl (C=O) groups is 2. The maximum Gasteiger partial charge on any atom is 0.234 e. The molecule has 0 atom stereocenters. The Morgan fingerprint density at radius 2 is 1.79 bits per heavy atom. The monoisotopic (exact) mass is 463 g/mol. The third kappa shape index (κ3) is 6.32. The van der Waals surface area contributed by atoms with Crippen LogP contribution in [0, 0.1) is 13.8 Å². The zero-order valence-corrected chi connectivity index (χ0v) is 20.0. The first-order valence-corrected chi connectivity index (χ1v) is 11.8. The smallest absolute Gasteiger partial charge is 0.234 e. The van der Waals surface area contributed by atoms with Crippen LogP contribution in [0.15, 0.2) is 60.3 Å². The summed E-state index contributed by atoms with van der Waals surface area (Å²) in [6.45, 7) is 10.2. The molecule has 2 N–H and O–H groups in total. The lowest BCUT2D eigenvalue weighted by atomic mass is 10.1. The minimum absolute atomic E-state index is 0.0744. The van der Waals surface area contributed by atoms with E-state index in [2.05, 4.69) is 34.3 Å². The first-order chi connectivity index (χ1) is 15.9. The van der Waals surface area contributed by atoms with Crippen LogP contribution >= 0.6 is 11.8 Å². The van der Waals surface area contributed by atoms with Crippen molar-refractivity contribution in [3.63, 3.8) is 0 Å². The maximum absolute atomic E-state index is 12.6. The van der Waals surface area contributed by atoms with Crippen LogP contribution in [0.5, 0.6) is 0 Å². The third-order valence-corrected chi connectivity index (χ3v) is 6.15. The quantitative estimate of drug-likeness (QED) is 0.340. The second-order valence-corrected chi connectivity index (χ2v) is 8.58. The molecule has 172 valence electrons. The molecule has 33 heavy (non-hydrogen) atoms. The Morgan fingerprint density at radius 1 is 1.03 bits per heavy atom. The average Bonchev–Trinajstić information content (AvgIpc) is 3.16. The van der Waals surface area contributed by atoms with Crippen molar-refractivity contribution < 1.29 is 9.59 Å². The number of thioether (sulfide) groups is 1. The van der Waals surface area contributed by atoms with Crippen LogP contribution in [-0.2, 0) is 29.0 Å². The van der Waals surface area contributed by atoms with Gasteiger partial charge in [-0.05, 0) is 43.0 Å². The minimum atomic E-state index is -0.178. The molecule has 7 nitrogen and oxygen atoms in total. The summed E-state index contributed by atoms with van der Waals surface area (Å²) >= 11 is 1.29. The molecule has 0 spiro atoms. The highest BCUT2D eigenvalue weighted by Gasteiger charge is 2.17. The summed E-state index contributed by atoms with van der Waals surface area (Å²) in [6.07, 6.45) is 2.63. The van der Waals surface area contributed by atoms with Gasteiger partial charge < -0.3 is 15.2 Å². The van der Waals surface area contributed by atoms with Gasteiger partial charge in [-0.3, -0.25) is 9.59 Å². The predicted molar refractivity (Wildman–Crippen MR) is 134 cm³/mol. The van der Waals surface area contributed by atoms with Gasteiger partial charge in [0.25, 0.3) is 0 Å². The number of allylic oxidation sites excluding steroid dienone is 1. The Bertz CT molecular complexity index is 1160. The van der Waals surface area contributed by atoms with E-state index >= 15 is 0 Å². The summed E-state index contributed by atoms with van der Waals surface area (Å²) in [5, 5.41) is 14.9. The second-order valence-electron chi connectivity index (χ2n) is 7.64. The SMILES string of the molecule is C=CCn1c(CC(=O)Nc2ccccc2C)nnc1SCC(=O)Nc1c(C)cccc1CC. The Hall–Kier alpha value is -3.39. The fourth-order valence-corrected chi connectivity index (χ4v) is 4.19. The van der Waals surface area contributed by atoms with Gasteiger partial charge in [-0.1, -0.05) is 61.2 Å². The molecular formula is C25H29N5O2S. The van der Waals surface area contributed by atoms with E-state index in [1.807, 2.05) is 60.9 Å². The lowest BCUT2D eigenvalue weighted by Crippen LogP contribution is -2.19. The molecule has 8 heteroatoms. The standard InChI is InChI=1S/C25H29N5O2S/c1-5-14-30-21(15-22(31)26-20-13-8-7-10-17(20)3)28-29-25(30)33-16-23(32)27-24-18(4)11-9-12-19(24)6-2/h5,7-13H,1,6,14-16H2,2-4H3,(H,26,31)(H,27,32). The molecule has 1 heterocycles. The number of nitrogens with one attached hydrogen (secondary N) is 2. The molecule has 0 aliphatic carbocycles. The number of nitrogens with zero attached hydrogens (tertiary/aromatic N) is 3. The van der Waals surface area contributed by atoms with E-state index in [0.717, 1.165) is 34.5 Å². The van der Waals surface area contributed by atoms with Crippen LogP contribution in [0.3, 0.4) is 0 Å². The summed E-state index contributed by atoms with van der Waals surface area (Å²) in [6, 6.07) is 13.6. The molecule has 0 aliphatic rings. The number of aromatic nitrogens is 3. The van der Waals surface area contributed by atoms with Gasteiger partial charge in [0.2, 0.25) is 11.8 Å². The molecule has 3 rings (SSSR count). The van der Waals surface area contributed by atoms with Gasteiger partial charge in [0.15, 0.2) is 5.16 Å². The number of anilines is 2. The zero-order valence-electron chi connectivity index (χ0n) is 19.2. The van der Waals surface area contributed by atoms with Gasteiger partial charge in [0, 0.05) is 17.9 Å². The van der Waals surface area contributed by atoms with Gasteiger partial charge in [-0.2, -0.15) is 0 Å². The molecular weight excluding hydrogens is 434 g/mol. The maximum atomic E-state index is 12.6. The second kappa shape index (κ2) is 11.5. The van der Waals surface area contributed by atoms with Crippen molar-refractivity contribution in [2.24, 2.45) is 0 Å². The normalized spacial score (nSPS) is 10.6. The number of amides is 2. The molecule has 0 radical (unpaired) electrons. The summed E-state index contributed by atoms with van der Waals surface area (Å²) in [4.78, 5) is 25.2. The molecule has 2 aromatic carbocycles. The lowest BCUT2D eigenvalue weighted by Gasteiger charge is -2.13. The fraction of sp³-hybridized carbons (Fsp3) is 0.280. The van der Waals surface area contributed by atoms with Crippen molar-refractivity contribution in [2.45, 2.75) is 45.3 Å². The topological polar surface area (TPSA) is 88.9 Å². The van der Waals surface area contributed by atoms with Crippen molar-refractivity contribution >= 4 is 35.0 Å². The summed E-state index contributed by atoms with van der Waals surface area (Å²) in [7, 11) is 0. The molecule has 0 aliphatic heterocycles. The molecule has 1 aromatic heterocycles. The molecule has 3 aromatic rings. The van der Waals surface area contributed by atoms with Crippen molar-refractivity contribution in [2.75, 3.05) is 16.4 Å². The van der Waals surface area contributed by atoms with E-state index < -0.39 is 0 Å². The van der Waals surface area contributed by atoms with Crippen molar-refractivity contribution in [3.8, 4) is 0 Å². The molecule has 0 bridgehead atoms. The number of rotatable bonds is 10. The molecule has 0 saturated carbocycles. The number of aryl methyl sites for hydroxylation is 3. The van der Waals surface area contributed by atoms with Crippen LogP contribution in [0.1, 0.15) is 29.4 Å². The Balaban J connectivity index is 1.66. The molecule has 2 amide bonds. The highest BCUT2D eigenvalue weighted by Crippen LogP contribution is 2.23. The molecule has 0 unspecified atom stereocenters. The first kappa shape index (κ1) is 24.3. The largest absolute Gasteiger partial charge is 0.325 e. The summed E-state index contributed by atoms with van der Waals surface area (Å²) in [5.74, 6) is 0.414. The van der Waals surface area contributed by atoms with Gasteiger partial charge in [0.1, 0.15) is 5.82 Å². The Kier molecular flexibility index (Phi) is 8.43. The highest BCUT2D eigenvalue weighted by atomic mass is 32.2. The number of hydrogen-bond donors (Lipinski definition) is 2. The highest BCUT2D eigenvalue weighted by molar-refractivity contribution is 7.99. The summed E-state index contributed by atoms with van der Waals surface area (Å²) < 4.78 is 1.81. The number of carbonyl (C=O) groups excluding carboxylic acids is 2. The van der Waals surface area contributed by atoms with E-state index in [9.17, 15) is 9.59 Å². The predicted octanol–water partition coefficient (Wildman–Crippen LogP) is 4.56. The summed E-state index contributed by atoms with van der Waals surface area (Å²) in [5.41, 5.74) is 4.76. The third-order valence-electron chi connectivity index (χ3n) is 5.18. The number of benzene rings is 2. The van der Waals surface area contributed by atoms with Gasteiger partial charge >= 0.3 is 0 Å². The number of para-hydroxylation sites is 2. The van der Waals surface area contributed by atoms with E-state index in [1.54, 1.807) is 6.08 Å². The zero-order chi connectivity index (χ0) is 23.8. The molecule has 0 fully saturated rings. The molecule has 0 saturated heterocycles. The van der Waals surface area contributed by atoms with Gasteiger partial charge in [0.05, 0.1) is 12.2 Å². The van der Waals surface area contributed by atoms with Crippen LogP contribution < -0.4 is 10.6 Å². The van der Waals surface area contributed by atoms with Crippen LogP contribution in [0.4, 0.5) is 11.4 Å². The fourth-order valence-electron chi connectivity index (χ4n) is 3.43. The Labute approximate surface area is 198 Å². The number of hydrogen-bond acceptors (Lipinski definition) is 5. The average molecular weight is 464 g/mol. The van der Waals surface area contributed by atoms with E-state index in [-0.39, 0.29) is 24.0 Å². The Morgan fingerprint density at radius 3 is 2.52 bits per heavy atom. The first-order valence-electron chi connectivity index (χ1n) is 10.8. The van der Waals surface area contributed by atoms with Crippen molar-refractivity contribution in [3.05, 3.63) is 77.6 Å². The minimum Gasteiger partial charge on any atom is -0.325 e. The van der Waals surface area contributed by atoms with Crippen LogP contribution in [-0.4, -0.2) is 32.3 Å². The van der Waals surface area contributed by atoms with Gasteiger partial charge in [-0.25, -0.2) is 0 Å². The van der Waals surface area contributed by atoms with Crippen molar-refractivity contribution in [1.82, 2.24) is 14.8 Å². The van der Waals surface area contributed by atoms with E-state index in [4.69, 9.17) is 0 Å². The van der Waals surface area contributed by atoms with Crippen LogP contribution in [0.2, 0.25) is 0 Å². The van der Waals surface area contributed by atoms with Gasteiger partial charge in [-0.15, -0.1) is 16.8 Å². The lowest BCUT2D eigenvalue weighted by molar-refractivity contribution is -0.116. The van der Waals surface area contributed by atoms with Crippen molar-refractivity contribution in [1.29, 1.82) is 0 Å². The van der Waals surface area contributed by atoms with E-state index in [0.29, 0.717) is 17.5 Å². The van der Waals surface area contributed by atoms with E-state index in [1.165, 1.54) is 11.8 Å². The van der Waals surface area contributed by atoms with Crippen LogP contribution in [0.25, 0.3) is 0 Å².